The molecule has 0 aromatic heterocycles. The first-order chi connectivity index (χ1) is 9.49. The van der Waals surface area contributed by atoms with Crippen LogP contribution < -0.4 is 16.6 Å². The van der Waals surface area contributed by atoms with E-state index in [1.807, 2.05) is 0 Å². The number of hydrogen-bond acceptors (Lipinski definition) is 5. The monoisotopic (exact) mass is 276 g/mol. The van der Waals surface area contributed by atoms with Crippen molar-refractivity contribution < 1.29 is 9.31 Å². The van der Waals surface area contributed by atoms with Gasteiger partial charge in [0.25, 0.3) is 5.69 Å². The zero-order chi connectivity index (χ0) is 14.7. The summed E-state index contributed by atoms with van der Waals surface area (Å²) in [4.78, 5) is 10.3. The number of benzene rings is 2. The third-order valence-electron chi connectivity index (χ3n) is 2.70. The van der Waals surface area contributed by atoms with E-state index in [1.165, 1.54) is 18.2 Å². The molecule has 7 heteroatoms. The van der Waals surface area contributed by atoms with Crippen LogP contribution in [0.3, 0.4) is 0 Å². The lowest BCUT2D eigenvalue weighted by Crippen LogP contribution is -2.07. The Labute approximate surface area is 114 Å². The molecule has 0 unspecified atom stereocenters. The highest BCUT2D eigenvalue weighted by atomic mass is 19.1. The quantitative estimate of drug-likeness (QED) is 0.453. The van der Waals surface area contributed by atoms with Gasteiger partial charge in [0.15, 0.2) is 0 Å². The van der Waals surface area contributed by atoms with E-state index < -0.39 is 10.7 Å². The van der Waals surface area contributed by atoms with Crippen molar-refractivity contribution in [3.63, 3.8) is 0 Å². The van der Waals surface area contributed by atoms with Crippen LogP contribution in [-0.2, 0) is 0 Å². The molecule has 104 valence electrons. The van der Waals surface area contributed by atoms with Crippen LogP contribution in [0.2, 0.25) is 0 Å². The van der Waals surface area contributed by atoms with Crippen LogP contribution in [-0.4, -0.2) is 4.92 Å². The van der Waals surface area contributed by atoms with Gasteiger partial charge in [0.05, 0.1) is 16.3 Å². The number of hydrogen-bond donors (Lipinski definition) is 3. The van der Waals surface area contributed by atoms with Gasteiger partial charge in [0.1, 0.15) is 5.82 Å². The molecule has 0 spiro atoms. The van der Waals surface area contributed by atoms with Crippen molar-refractivity contribution >= 4 is 22.7 Å². The van der Waals surface area contributed by atoms with Gasteiger partial charge in [-0.15, -0.1) is 0 Å². The summed E-state index contributed by atoms with van der Waals surface area (Å²) in [5.74, 6) is 4.82. The second-order valence-corrected chi connectivity index (χ2v) is 4.28. The molecule has 6 nitrogen and oxygen atoms in total. The summed E-state index contributed by atoms with van der Waals surface area (Å²) in [6, 6.07) is 8.83. The van der Waals surface area contributed by atoms with Crippen LogP contribution in [0.5, 0.6) is 0 Å². The average Bonchev–Trinajstić information content (AvgIpc) is 2.41. The number of nitro groups is 1. The number of halogens is 1. The zero-order valence-electron chi connectivity index (χ0n) is 10.7. The maximum atomic E-state index is 13.7. The molecule has 0 saturated carbocycles. The lowest BCUT2D eigenvalue weighted by Gasteiger charge is -2.10. The first-order valence-corrected chi connectivity index (χ1v) is 5.79. The van der Waals surface area contributed by atoms with E-state index in [9.17, 15) is 14.5 Å². The van der Waals surface area contributed by atoms with E-state index in [0.29, 0.717) is 11.4 Å². The molecule has 0 saturated heterocycles. The highest BCUT2D eigenvalue weighted by Gasteiger charge is 2.11. The Morgan fingerprint density at radius 1 is 1.20 bits per heavy atom. The van der Waals surface area contributed by atoms with Crippen molar-refractivity contribution in [1.82, 2.24) is 0 Å². The molecule has 2 rings (SSSR count). The van der Waals surface area contributed by atoms with Gasteiger partial charge in [-0.3, -0.25) is 16.0 Å². The van der Waals surface area contributed by atoms with Crippen LogP contribution in [0.4, 0.5) is 27.1 Å². The second kappa shape index (κ2) is 5.54. The maximum Gasteiger partial charge on any atom is 0.273 e. The largest absolute Gasteiger partial charge is 0.353 e. The summed E-state index contributed by atoms with van der Waals surface area (Å²) in [6.07, 6.45) is 0. The minimum Gasteiger partial charge on any atom is -0.353 e. The third-order valence-corrected chi connectivity index (χ3v) is 2.70. The van der Waals surface area contributed by atoms with Crippen LogP contribution in [0.15, 0.2) is 36.4 Å². The Hall–Kier alpha value is -2.67. The van der Waals surface area contributed by atoms with E-state index in [2.05, 4.69) is 10.7 Å². The smallest absolute Gasteiger partial charge is 0.273 e. The van der Waals surface area contributed by atoms with Crippen LogP contribution in [0.1, 0.15) is 5.56 Å². The van der Waals surface area contributed by atoms with Crippen molar-refractivity contribution in [2.45, 2.75) is 6.92 Å². The number of nitrogens with two attached hydrogens (primary N) is 1. The molecule has 0 fully saturated rings. The number of nitro benzene ring substituents is 1. The minimum absolute atomic E-state index is 0.143. The van der Waals surface area contributed by atoms with E-state index in [1.54, 1.807) is 25.1 Å². The molecule has 0 aliphatic heterocycles. The summed E-state index contributed by atoms with van der Waals surface area (Å²) >= 11 is 0. The van der Waals surface area contributed by atoms with Gasteiger partial charge >= 0.3 is 0 Å². The molecule has 2 aromatic rings. The molecule has 0 atom stereocenters. The Balaban J connectivity index is 2.37. The number of nitrogens with one attached hydrogen (secondary N) is 2. The second-order valence-electron chi connectivity index (χ2n) is 4.28. The van der Waals surface area contributed by atoms with Gasteiger partial charge in [0.2, 0.25) is 0 Å². The van der Waals surface area contributed by atoms with E-state index in [4.69, 9.17) is 5.84 Å². The predicted molar refractivity (Wildman–Crippen MR) is 75.3 cm³/mol. The van der Waals surface area contributed by atoms with E-state index in [0.717, 1.165) is 5.56 Å². The third kappa shape index (κ3) is 3.01. The highest BCUT2D eigenvalue weighted by molar-refractivity contribution is 5.68. The fourth-order valence-electron chi connectivity index (χ4n) is 1.75. The molecule has 4 N–H and O–H groups in total. The number of hydrazine groups is 1. The molecule has 20 heavy (non-hydrogen) atoms. The van der Waals surface area contributed by atoms with Gasteiger partial charge in [0, 0.05) is 17.8 Å². The lowest BCUT2D eigenvalue weighted by molar-refractivity contribution is -0.384. The molecule has 2 aromatic carbocycles. The van der Waals surface area contributed by atoms with Gasteiger partial charge in [-0.25, -0.2) is 4.39 Å². The summed E-state index contributed by atoms with van der Waals surface area (Å²) in [5.41, 5.74) is 3.94. The van der Waals surface area contributed by atoms with Crippen molar-refractivity contribution in [2.75, 3.05) is 10.7 Å². The molecule has 0 radical (unpaired) electrons. The van der Waals surface area contributed by atoms with Crippen molar-refractivity contribution in [3.8, 4) is 0 Å². The first-order valence-electron chi connectivity index (χ1n) is 5.79. The van der Waals surface area contributed by atoms with Crippen LogP contribution in [0.25, 0.3) is 0 Å². The number of nitrogen functional groups attached to an aromatic ring is 1. The zero-order valence-corrected chi connectivity index (χ0v) is 10.7. The standard InChI is InChI=1S/C13H13FN4O2/c1-8-2-3-13(12(14)4-8)16-9-5-10(17-15)7-11(6-9)18(19)20/h2-7,16-17H,15H2,1H3. The Bertz CT molecular complexity index is 661. The van der Waals surface area contributed by atoms with E-state index >= 15 is 0 Å². The topological polar surface area (TPSA) is 93.2 Å². The maximum absolute atomic E-state index is 13.7. The predicted octanol–water partition coefficient (Wildman–Crippen LogP) is 3.07. The molecular weight excluding hydrogens is 263 g/mol. The Morgan fingerprint density at radius 3 is 2.50 bits per heavy atom. The fourth-order valence-corrected chi connectivity index (χ4v) is 1.75. The van der Waals surface area contributed by atoms with Gasteiger partial charge in [-0.1, -0.05) is 6.07 Å². The number of non-ortho nitro benzene ring substituents is 1. The average molecular weight is 276 g/mol. The van der Waals surface area contributed by atoms with Gasteiger partial charge < -0.3 is 10.7 Å². The van der Waals surface area contributed by atoms with Crippen LogP contribution in [0, 0.1) is 22.9 Å². The first kappa shape index (κ1) is 13.8. The number of aryl methyl sites for hydroxylation is 1. The van der Waals surface area contributed by atoms with E-state index in [-0.39, 0.29) is 11.4 Å². The fraction of sp³-hybridized carbons (Fsp3) is 0.0769. The summed E-state index contributed by atoms with van der Waals surface area (Å²) in [6.45, 7) is 1.77. The summed E-state index contributed by atoms with van der Waals surface area (Å²) < 4.78 is 13.7. The molecule has 0 bridgehead atoms. The SMILES string of the molecule is Cc1ccc(Nc2cc(NN)cc([N+](=O)[O-])c2)c(F)c1. The summed E-state index contributed by atoms with van der Waals surface area (Å²) in [5, 5.41) is 13.6. The minimum atomic E-state index is -0.544. The highest BCUT2D eigenvalue weighted by Crippen LogP contribution is 2.27. The van der Waals surface area contributed by atoms with Crippen molar-refractivity contribution in [2.24, 2.45) is 5.84 Å². The van der Waals surface area contributed by atoms with Crippen LogP contribution >= 0.6 is 0 Å². The Kier molecular flexibility index (Phi) is 3.81. The molecule has 0 heterocycles. The van der Waals surface area contributed by atoms with Gasteiger partial charge in [-0.05, 0) is 30.7 Å². The number of anilines is 3. The van der Waals surface area contributed by atoms with Crippen molar-refractivity contribution in [3.05, 3.63) is 57.9 Å². The number of rotatable bonds is 4. The van der Waals surface area contributed by atoms with Gasteiger partial charge in [-0.2, -0.15) is 0 Å². The molecule has 0 aliphatic rings. The number of nitrogens with zero attached hydrogens (tertiary/aromatic N) is 1. The Morgan fingerprint density at radius 2 is 1.90 bits per heavy atom. The van der Waals surface area contributed by atoms with Crippen molar-refractivity contribution in [1.29, 1.82) is 0 Å². The normalized spacial score (nSPS) is 10.2. The molecule has 0 aliphatic carbocycles. The lowest BCUT2D eigenvalue weighted by atomic mass is 10.2. The molecular formula is C13H13FN4O2. The molecule has 0 amide bonds. The summed E-state index contributed by atoms with van der Waals surface area (Å²) in [7, 11) is 0.